The SMILES string of the molecule is CCOC(=O)C1=C(CSc2nncn2C)NC(=O)NC1CC. The normalized spacial score (nSPS) is 18.0. The summed E-state index contributed by atoms with van der Waals surface area (Å²) in [5, 5.41) is 13.9. The smallest absolute Gasteiger partial charge is 0.337 e. The van der Waals surface area contributed by atoms with Crippen molar-refractivity contribution < 1.29 is 14.3 Å². The molecule has 2 heterocycles. The highest BCUT2D eigenvalue weighted by Crippen LogP contribution is 2.23. The van der Waals surface area contributed by atoms with E-state index in [1.165, 1.54) is 11.8 Å². The lowest BCUT2D eigenvalue weighted by Gasteiger charge is -2.28. The van der Waals surface area contributed by atoms with Gasteiger partial charge in [0, 0.05) is 18.5 Å². The van der Waals surface area contributed by atoms with E-state index < -0.39 is 5.97 Å². The molecule has 8 nitrogen and oxygen atoms in total. The van der Waals surface area contributed by atoms with Gasteiger partial charge in [0.2, 0.25) is 0 Å². The van der Waals surface area contributed by atoms with Gasteiger partial charge >= 0.3 is 12.0 Å². The summed E-state index contributed by atoms with van der Waals surface area (Å²) in [6.45, 7) is 3.95. The molecule has 0 saturated carbocycles. The Morgan fingerprint density at radius 2 is 2.27 bits per heavy atom. The van der Waals surface area contributed by atoms with Crippen LogP contribution >= 0.6 is 11.8 Å². The maximum Gasteiger partial charge on any atom is 0.337 e. The van der Waals surface area contributed by atoms with Gasteiger partial charge in [0.05, 0.1) is 18.2 Å². The summed E-state index contributed by atoms with van der Waals surface area (Å²) >= 11 is 1.40. The first-order valence-electron chi connectivity index (χ1n) is 7.01. The number of hydrogen-bond donors (Lipinski definition) is 2. The van der Waals surface area contributed by atoms with E-state index in [1.54, 1.807) is 17.8 Å². The van der Waals surface area contributed by atoms with Gasteiger partial charge in [0.25, 0.3) is 0 Å². The first-order chi connectivity index (χ1) is 10.6. The van der Waals surface area contributed by atoms with Crippen LogP contribution in [0.15, 0.2) is 22.8 Å². The lowest BCUT2D eigenvalue weighted by molar-refractivity contribution is -0.139. The lowest BCUT2D eigenvalue weighted by atomic mass is 10.0. The number of aromatic nitrogens is 3. The highest BCUT2D eigenvalue weighted by atomic mass is 32.2. The molecular weight excluding hydrogens is 306 g/mol. The molecule has 120 valence electrons. The molecule has 9 heteroatoms. The molecule has 2 rings (SSSR count). The number of aryl methyl sites for hydroxylation is 1. The molecule has 1 atom stereocenters. The van der Waals surface area contributed by atoms with Crippen molar-refractivity contribution in [1.82, 2.24) is 25.4 Å². The molecule has 22 heavy (non-hydrogen) atoms. The summed E-state index contributed by atoms with van der Waals surface area (Å²) in [5.74, 6) is 0.000319. The summed E-state index contributed by atoms with van der Waals surface area (Å²) in [7, 11) is 1.83. The van der Waals surface area contributed by atoms with Gasteiger partial charge in [-0.25, -0.2) is 9.59 Å². The summed E-state index contributed by atoms with van der Waals surface area (Å²) in [4.78, 5) is 23.9. The van der Waals surface area contributed by atoms with Gasteiger partial charge in [-0.05, 0) is 13.3 Å². The number of rotatable bonds is 6. The fraction of sp³-hybridized carbons (Fsp3) is 0.538. The van der Waals surface area contributed by atoms with Crippen LogP contribution in [0.5, 0.6) is 0 Å². The van der Waals surface area contributed by atoms with Crippen LogP contribution in [-0.4, -0.2) is 45.2 Å². The van der Waals surface area contributed by atoms with Crippen LogP contribution in [0, 0.1) is 0 Å². The van der Waals surface area contributed by atoms with Crippen molar-refractivity contribution in [3.05, 3.63) is 17.6 Å². The van der Waals surface area contributed by atoms with E-state index in [4.69, 9.17) is 4.74 Å². The molecular formula is C13H19N5O3S. The minimum absolute atomic E-state index is 0.288. The molecule has 0 aromatic carbocycles. The van der Waals surface area contributed by atoms with Crippen LogP contribution in [0.25, 0.3) is 0 Å². The molecule has 0 radical (unpaired) electrons. The van der Waals surface area contributed by atoms with Crippen molar-refractivity contribution >= 4 is 23.8 Å². The first-order valence-corrected chi connectivity index (χ1v) is 7.99. The highest BCUT2D eigenvalue weighted by Gasteiger charge is 2.31. The average Bonchev–Trinajstić information content (AvgIpc) is 2.89. The second-order valence-corrected chi connectivity index (χ2v) is 5.63. The van der Waals surface area contributed by atoms with Crippen LogP contribution < -0.4 is 10.6 Å². The first kappa shape index (κ1) is 16.3. The van der Waals surface area contributed by atoms with Gasteiger partial charge in [-0.1, -0.05) is 18.7 Å². The van der Waals surface area contributed by atoms with Crippen LogP contribution in [-0.2, 0) is 16.6 Å². The molecule has 1 unspecified atom stereocenters. The second-order valence-electron chi connectivity index (χ2n) is 4.69. The van der Waals surface area contributed by atoms with Crippen LogP contribution in [0.1, 0.15) is 20.3 Å². The molecule has 2 amide bonds. The number of urea groups is 1. The lowest BCUT2D eigenvalue weighted by Crippen LogP contribution is -2.50. The predicted molar refractivity (Wildman–Crippen MR) is 81.1 cm³/mol. The Bertz CT molecular complexity index is 598. The summed E-state index contributed by atoms with van der Waals surface area (Å²) in [6.07, 6.45) is 2.21. The third-order valence-electron chi connectivity index (χ3n) is 3.16. The number of hydrogen-bond acceptors (Lipinski definition) is 6. The van der Waals surface area contributed by atoms with E-state index in [-0.39, 0.29) is 18.7 Å². The molecule has 0 fully saturated rings. The summed E-state index contributed by atoms with van der Waals surface area (Å²) < 4.78 is 6.88. The van der Waals surface area contributed by atoms with Gasteiger partial charge in [0.15, 0.2) is 5.16 Å². The summed E-state index contributed by atoms with van der Waals surface area (Å²) in [5.41, 5.74) is 1.03. The minimum Gasteiger partial charge on any atom is -0.463 e. The van der Waals surface area contributed by atoms with Crippen molar-refractivity contribution in [3.63, 3.8) is 0 Å². The number of esters is 1. The van der Waals surface area contributed by atoms with E-state index in [1.807, 2.05) is 14.0 Å². The van der Waals surface area contributed by atoms with Crippen LogP contribution in [0.3, 0.4) is 0 Å². The topological polar surface area (TPSA) is 98.1 Å². The van der Waals surface area contributed by atoms with Gasteiger partial charge in [-0.2, -0.15) is 0 Å². The number of ether oxygens (including phenoxy) is 1. The largest absolute Gasteiger partial charge is 0.463 e. The van der Waals surface area contributed by atoms with E-state index in [2.05, 4.69) is 20.8 Å². The van der Waals surface area contributed by atoms with E-state index >= 15 is 0 Å². The molecule has 0 spiro atoms. The Labute approximate surface area is 132 Å². The van der Waals surface area contributed by atoms with Crippen molar-refractivity contribution in [1.29, 1.82) is 0 Å². The standard InChI is InChI=1S/C13H19N5O3S/c1-4-8-10(11(19)21-5-2)9(16-12(20)15-8)6-22-13-17-14-7-18(13)3/h7-8H,4-6H2,1-3H3,(H2,15,16,20). The number of carbonyl (C=O) groups excluding carboxylic acids is 2. The van der Waals surface area contributed by atoms with Crippen molar-refractivity contribution in [2.75, 3.05) is 12.4 Å². The molecule has 1 aliphatic heterocycles. The predicted octanol–water partition coefficient (Wildman–Crippen LogP) is 0.816. The zero-order valence-electron chi connectivity index (χ0n) is 12.8. The zero-order chi connectivity index (χ0) is 16.1. The number of nitrogens with zero attached hydrogens (tertiary/aromatic N) is 3. The zero-order valence-corrected chi connectivity index (χ0v) is 13.6. The maximum absolute atomic E-state index is 12.2. The molecule has 0 aliphatic carbocycles. The molecule has 2 N–H and O–H groups in total. The fourth-order valence-electron chi connectivity index (χ4n) is 2.12. The maximum atomic E-state index is 12.2. The number of amides is 2. The Morgan fingerprint density at radius 1 is 1.50 bits per heavy atom. The van der Waals surface area contributed by atoms with E-state index in [0.717, 1.165) is 0 Å². The van der Waals surface area contributed by atoms with Gasteiger partial charge in [-0.15, -0.1) is 10.2 Å². The van der Waals surface area contributed by atoms with E-state index in [0.29, 0.717) is 28.6 Å². The van der Waals surface area contributed by atoms with Gasteiger partial charge in [-0.3, -0.25) is 0 Å². The van der Waals surface area contributed by atoms with Crippen molar-refractivity contribution in [2.24, 2.45) is 7.05 Å². The summed E-state index contributed by atoms with van der Waals surface area (Å²) in [6, 6.07) is -0.656. The average molecular weight is 325 g/mol. The Balaban J connectivity index is 2.24. The van der Waals surface area contributed by atoms with Crippen LogP contribution in [0.4, 0.5) is 4.79 Å². The molecule has 1 aliphatic rings. The van der Waals surface area contributed by atoms with E-state index in [9.17, 15) is 9.59 Å². The minimum atomic E-state index is -0.407. The quantitative estimate of drug-likeness (QED) is 0.593. The number of carbonyl (C=O) groups is 2. The Hall–Kier alpha value is -2.03. The van der Waals surface area contributed by atoms with Gasteiger partial charge < -0.3 is 19.9 Å². The fourth-order valence-corrected chi connectivity index (χ4v) is 2.97. The molecule has 1 aromatic heterocycles. The van der Waals surface area contributed by atoms with Gasteiger partial charge in [0.1, 0.15) is 6.33 Å². The monoisotopic (exact) mass is 325 g/mol. The Kier molecular flexibility index (Phi) is 5.42. The van der Waals surface area contributed by atoms with Crippen LogP contribution in [0.2, 0.25) is 0 Å². The van der Waals surface area contributed by atoms with Crippen molar-refractivity contribution in [2.45, 2.75) is 31.5 Å². The van der Waals surface area contributed by atoms with Crippen molar-refractivity contribution in [3.8, 4) is 0 Å². The number of nitrogens with one attached hydrogen (secondary N) is 2. The second kappa shape index (κ2) is 7.30. The number of thioether (sulfide) groups is 1. The third kappa shape index (κ3) is 3.59. The molecule has 1 aromatic rings. The third-order valence-corrected chi connectivity index (χ3v) is 4.22. The Morgan fingerprint density at radius 3 is 2.86 bits per heavy atom. The molecule has 0 bridgehead atoms. The molecule has 0 saturated heterocycles. The highest BCUT2D eigenvalue weighted by molar-refractivity contribution is 7.99.